The number of carbonyl (C=O) groups excluding carboxylic acids is 2. The summed E-state index contributed by atoms with van der Waals surface area (Å²) in [5.74, 6) is 3.77. The molecular weight excluding hydrogens is 312 g/mol. The molecule has 8 heteroatoms. The predicted octanol–water partition coefficient (Wildman–Crippen LogP) is 1.24. The quantitative estimate of drug-likeness (QED) is 0.271. The van der Waals surface area contributed by atoms with Crippen molar-refractivity contribution in [2.45, 2.75) is 13.8 Å². The molecule has 2 aromatic rings. The molecule has 0 saturated carbocycles. The molecule has 0 aromatic carbocycles. The minimum Gasteiger partial charge on any atom is -0.462 e. The molecule has 0 fully saturated rings. The van der Waals surface area contributed by atoms with E-state index >= 15 is 0 Å². The lowest BCUT2D eigenvalue weighted by atomic mass is 10.3. The van der Waals surface area contributed by atoms with Crippen LogP contribution >= 0.6 is 0 Å². The molecule has 0 aliphatic rings. The molecule has 3 N–H and O–H groups in total. The summed E-state index contributed by atoms with van der Waals surface area (Å²) in [6.07, 6.45) is 8.27. The van der Waals surface area contributed by atoms with E-state index in [2.05, 4.69) is 5.43 Å². The Morgan fingerprint density at radius 3 is 1.79 bits per heavy atom. The summed E-state index contributed by atoms with van der Waals surface area (Å²) < 4.78 is 12.6. The summed E-state index contributed by atoms with van der Waals surface area (Å²) >= 11 is 0. The van der Waals surface area contributed by atoms with Crippen LogP contribution in [0.25, 0.3) is 0 Å². The van der Waals surface area contributed by atoms with Crippen molar-refractivity contribution in [3.05, 3.63) is 60.8 Å². The van der Waals surface area contributed by atoms with Gasteiger partial charge in [-0.2, -0.15) is 0 Å². The number of nitrogens with zero attached hydrogens (tertiary/aromatic N) is 2. The molecule has 0 amide bonds. The van der Waals surface area contributed by atoms with Crippen LogP contribution in [0.4, 0.5) is 0 Å². The van der Waals surface area contributed by atoms with Gasteiger partial charge in [-0.3, -0.25) is 9.35 Å². The number of carbonyl (C=O) groups is 2. The van der Waals surface area contributed by atoms with Gasteiger partial charge in [0.05, 0.1) is 13.2 Å². The highest BCUT2D eigenvalue weighted by molar-refractivity contribution is 6.14. The van der Waals surface area contributed by atoms with Gasteiger partial charge in [0.1, 0.15) is 0 Å². The number of nitrogens with one attached hydrogen (secondary N) is 1. The van der Waals surface area contributed by atoms with Crippen LogP contribution in [0.15, 0.2) is 60.8 Å². The molecule has 0 spiro atoms. The van der Waals surface area contributed by atoms with Gasteiger partial charge in [0.2, 0.25) is 0 Å². The van der Waals surface area contributed by atoms with E-state index in [1.165, 1.54) is 10.9 Å². The van der Waals surface area contributed by atoms with Gasteiger partial charge in [0.15, 0.2) is 5.57 Å². The first-order valence-electron chi connectivity index (χ1n) is 7.40. The van der Waals surface area contributed by atoms with Gasteiger partial charge in [-0.25, -0.2) is 9.59 Å². The molecule has 24 heavy (non-hydrogen) atoms. The van der Waals surface area contributed by atoms with E-state index in [1.54, 1.807) is 55.4 Å². The van der Waals surface area contributed by atoms with E-state index in [9.17, 15) is 9.59 Å². The summed E-state index contributed by atoms with van der Waals surface area (Å²) in [6, 6.07) is 7.35. The predicted molar refractivity (Wildman–Crippen MR) is 89.7 cm³/mol. The molecule has 0 atom stereocenters. The van der Waals surface area contributed by atoms with Crippen LogP contribution in [0.2, 0.25) is 0 Å². The molecule has 130 valence electrons. The fourth-order valence-electron chi connectivity index (χ4n) is 1.53. The number of nitrogens with two attached hydrogens (primary N) is 1. The van der Waals surface area contributed by atoms with Crippen molar-refractivity contribution in [2.75, 3.05) is 24.5 Å². The van der Waals surface area contributed by atoms with Crippen LogP contribution in [0.3, 0.4) is 0 Å². The first kappa shape index (κ1) is 18.9. The van der Waals surface area contributed by atoms with Crippen molar-refractivity contribution >= 4 is 11.9 Å². The minimum absolute atomic E-state index is 0.174. The van der Waals surface area contributed by atoms with Crippen molar-refractivity contribution in [3.8, 4) is 0 Å². The first-order valence-corrected chi connectivity index (χ1v) is 7.40. The fraction of sp³-hybridized carbons (Fsp3) is 0.250. The third kappa shape index (κ3) is 6.73. The first-order chi connectivity index (χ1) is 11.6. The Hall–Kier alpha value is -3.16. The van der Waals surface area contributed by atoms with Gasteiger partial charge in [-0.15, -0.1) is 0 Å². The van der Waals surface area contributed by atoms with Gasteiger partial charge in [-0.05, 0) is 38.1 Å². The second-order valence-electron chi connectivity index (χ2n) is 4.35. The molecule has 8 nitrogen and oxygen atoms in total. The van der Waals surface area contributed by atoms with Crippen molar-refractivity contribution in [2.24, 2.45) is 0 Å². The number of rotatable bonds is 6. The van der Waals surface area contributed by atoms with E-state index in [4.69, 9.17) is 15.3 Å². The summed E-state index contributed by atoms with van der Waals surface area (Å²) in [6.45, 7) is 3.72. The maximum atomic E-state index is 11.6. The smallest absolute Gasteiger partial charge is 0.347 e. The number of ether oxygens (including phenoxy) is 2. The Labute approximate surface area is 140 Å². The largest absolute Gasteiger partial charge is 0.462 e. The molecule has 0 saturated heterocycles. The van der Waals surface area contributed by atoms with Gasteiger partial charge >= 0.3 is 11.9 Å². The zero-order valence-corrected chi connectivity index (χ0v) is 13.7. The average Bonchev–Trinajstić information content (AvgIpc) is 3.22. The standard InChI is InChI=1S/C12H16N2O4.C4H6N2/c1-3-17-11(15)10(12(16)18-4-2)9-13-14-7-5-6-8-14;5-6-3-1-2-4-6/h5-9,13H,3-4H2,1-2H3;1-4H,5H2. The normalized spacial score (nSPS) is 9.25. The molecule has 2 heterocycles. The Balaban J connectivity index is 0.000000400. The van der Waals surface area contributed by atoms with E-state index in [-0.39, 0.29) is 18.8 Å². The molecule has 0 radical (unpaired) electrons. The molecule has 0 bridgehead atoms. The highest BCUT2D eigenvalue weighted by Crippen LogP contribution is 2.02. The third-order valence-electron chi connectivity index (χ3n) is 2.58. The van der Waals surface area contributed by atoms with Gasteiger partial charge < -0.3 is 20.7 Å². The van der Waals surface area contributed by atoms with Crippen molar-refractivity contribution in [1.29, 1.82) is 0 Å². The number of esters is 2. The third-order valence-corrected chi connectivity index (χ3v) is 2.58. The lowest BCUT2D eigenvalue weighted by Gasteiger charge is -2.08. The van der Waals surface area contributed by atoms with Crippen LogP contribution in [-0.2, 0) is 19.1 Å². The number of hydrogen-bond acceptors (Lipinski definition) is 6. The van der Waals surface area contributed by atoms with Crippen molar-refractivity contribution < 1.29 is 19.1 Å². The summed E-state index contributed by atoms with van der Waals surface area (Å²) in [4.78, 5) is 23.2. The van der Waals surface area contributed by atoms with E-state index in [0.717, 1.165) is 0 Å². The number of hydrogen-bond donors (Lipinski definition) is 2. The maximum Gasteiger partial charge on any atom is 0.347 e. The molecule has 0 aliphatic carbocycles. The van der Waals surface area contributed by atoms with Crippen LogP contribution in [0.1, 0.15) is 13.8 Å². The Kier molecular flexibility index (Phi) is 8.30. The van der Waals surface area contributed by atoms with Crippen LogP contribution in [-0.4, -0.2) is 34.5 Å². The maximum absolute atomic E-state index is 11.6. The zero-order chi connectivity index (χ0) is 17.8. The fourth-order valence-corrected chi connectivity index (χ4v) is 1.53. The minimum atomic E-state index is -0.712. The summed E-state index contributed by atoms with van der Waals surface area (Å²) in [7, 11) is 0. The molecule has 0 aliphatic heterocycles. The monoisotopic (exact) mass is 334 g/mol. The number of nitrogen functional groups attached to an aromatic ring is 1. The lowest BCUT2D eigenvalue weighted by molar-refractivity contribution is -0.146. The van der Waals surface area contributed by atoms with Gasteiger partial charge in [-0.1, -0.05) is 0 Å². The molecule has 2 rings (SSSR count). The van der Waals surface area contributed by atoms with E-state index < -0.39 is 11.9 Å². The average molecular weight is 334 g/mol. The SMILES string of the molecule is CCOC(=O)C(=CNn1cccc1)C(=O)OCC.Nn1cccc1. The topological polar surface area (TPSA) is 101 Å². The summed E-state index contributed by atoms with van der Waals surface area (Å²) in [5.41, 5.74) is 2.58. The van der Waals surface area contributed by atoms with Crippen LogP contribution in [0, 0.1) is 0 Å². The van der Waals surface area contributed by atoms with Gasteiger partial charge in [0, 0.05) is 31.0 Å². The Morgan fingerprint density at radius 2 is 1.42 bits per heavy atom. The summed E-state index contributed by atoms with van der Waals surface area (Å²) in [5, 5.41) is 0. The second kappa shape index (κ2) is 10.5. The van der Waals surface area contributed by atoms with Gasteiger partial charge in [0.25, 0.3) is 0 Å². The van der Waals surface area contributed by atoms with Crippen LogP contribution in [0.5, 0.6) is 0 Å². The van der Waals surface area contributed by atoms with E-state index in [1.807, 2.05) is 12.1 Å². The highest BCUT2D eigenvalue weighted by Gasteiger charge is 2.20. The lowest BCUT2D eigenvalue weighted by Crippen LogP contribution is -2.21. The van der Waals surface area contributed by atoms with Crippen molar-refractivity contribution in [1.82, 2.24) is 9.35 Å². The zero-order valence-electron chi connectivity index (χ0n) is 13.7. The van der Waals surface area contributed by atoms with E-state index in [0.29, 0.717) is 0 Å². The van der Waals surface area contributed by atoms with Crippen LogP contribution < -0.4 is 11.3 Å². The van der Waals surface area contributed by atoms with Crippen molar-refractivity contribution in [3.63, 3.8) is 0 Å². The Morgan fingerprint density at radius 1 is 0.958 bits per heavy atom. The molecule has 0 unspecified atom stereocenters. The molecule has 2 aromatic heterocycles. The number of aromatic nitrogens is 2. The Bertz CT molecular complexity index is 613. The highest BCUT2D eigenvalue weighted by atomic mass is 16.6. The second-order valence-corrected chi connectivity index (χ2v) is 4.35. The molecular formula is C16H22N4O4.